The third-order valence-electron chi connectivity index (χ3n) is 4.21. The summed E-state index contributed by atoms with van der Waals surface area (Å²) < 4.78 is 0. The van der Waals surface area contributed by atoms with E-state index < -0.39 is 5.91 Å². The number of carbonyl (C=O) groups is 2. The lowest BCUT2D eigenvalue weighted by molar-refractivity contribution is -0.115. The summed E-state index contributed by atoms with van der Waals surface area (Å²) in [6, 6.07) is 9.55. The van der Waals surface area contributed by atoms with E-state index >= 15 is 0 Å². The summed E-state index contributed by atoms with van der Waals surface area (Å²) in [5.41, 5.74) is 8.07. The Hall–Kier alpha value is -2.14. The molecule has 0 aliphatic heterocycles. The molecule has 0 fully saturated rings. The lowest BCUT2D eigenvalue weighted by Gasteiger charge is -2.18. The number of hydrogen-bond donors (Lipinski definition) is 2. The van der Waals surface area contributed by atoms with Crippen LogP contribution in [0.15, 0.2) is 30.3 Å². The number of carbonyl (C=O) groups excluding carboxylic acids is 2. The summed E-state index contributed by atoms with van der Waals surface area (Å²) >= 11 is 1.50. The molecule has 1 aliphatic rings. The summed E-state index contributed by atoms with van der Waals surface area (Å²) in [7, 11) is 0. The van der Waals surface area contributed by atoms with Gasteiger partial charge < -0.3 is 11.1 Å². The van der Waals surface area contributed by atoms with E-state index in [1.807, 2.05) is 30.3 Å². The van der Waals surface area contributed by atoms with Crippen molar-refractivity contribution in [3.05, 3.63) is 51.9 Å². The van der Waals surface area contributed by atoms with Gasteiger partial charge in [0.25, 0.3) is 5.91 Å². The Balaban J connectivity index is 1.82. The van der Waals surface area contributed by atoms with E-state index in [0.29, 0.717) is 16.5 Å². The Kier molecular flexibility index (Phi) is 4.48. The second kappa shape index (κ2) is 6.54. The van der Waals surface area contributed by atoms with E-state index in [1.54, 1.807) is 0 Å². The first-order valence-electron chi connectivity index (χ1n) is 7.82. The van der Waals surface area contributed by atoms with Gasteiger partial charge in [0.05, 0.1) is 12.0 Å². The first-order chi connectivity index (χ1) is 11.0. The number of fused-ring (bicyclic) bond motifs is 1. The Bertz CT molecular complexity index is 737. The molecule has 0 saturated heterocycles. The van der Waals surface area contributed by atoms with Crippen molar-refractivity contribution in [3.8, 4) is 0 Å². The Morgan fingerprint density at radius 3 is 2.74 bits per heavy atom. The molecule has 2 amide bonds. The Morgan fingerprint density at radius 2 is 2.04 bits per heavy atom. The summed E-state index contributed by atoms with van der Waals surface area (Å²) in [4.78, 5) is 25.3. The molecule has 1 atom stereocenters. The zero-order valence-corrected chi connectivity index (χ0v) is 13.9. The molecule has 1 aliphatic carbocycles. The van der Waals surface area contributed by atoms with E-state index in [4.69, 9.17) is 5.73 Å². The van der Waals surface area contributed by atoms with Crippen LogP contribution in [0.2, 0.25) is 0 Å². The van der Waals surface area contributed by atoms with Gasteiger partial charge in [-0.3, -0.25) is 9.59 Å². The molecular weight excluding hydrogens is 308 g/mol. The molecule has 1 heterocycles. The van der Waals surface area contributed by atoms with Crippen LogP contribution in [-0.2, 0) is 24.1 Å². The fourth-order valence-electron chi connectivity index (χ4n) is 3.06. The Morgan fingerprint density at radius 1 is 1.30 bits per heavy atom. The number of nitrogens with one attached hydrogen (secondary N) is 1. The molecule has 0 bridgehead atoms. The number of thiophene rings is 1. The highest BCUT2D eigenvalue weighted by Gasteiger charge is 2.27. The van der Waals surface area contributed by atoms with Crippen LogP contribution in [0.4, 0.5) is 5.00 Å². The van der Waals surface area contributed by atoms with Crippen LogP contribution in [0, 0.1) is 5.92 Å². The van der Waals surface area contributed by atoms with Gasteiger partial charge in [0.2, 0.25) is 5.91 Å². The topological polar surface area (TPSA) is 72.2 Å². The van der Waals surface area contributed by atoms with E-state index in [1.165, 1.54) is 16.2 Å². The molecule has 0 saturated carbocycles. The summed E-state index contributed by atoms with van der Waals surface area (Å²) in [6.45, 7) is 2.18. The van der Waals surface area contributed by atoms with Crippen molar-refractivity contribution in [1.29, 1.82) is 0 Å². The number of amides is 2. The summed E-state index contributed by atoms with van der Waals surface area (Å²) in [5, 5.41) is 3.50. The molecule has 2 aromatic rings. The number of benzene rings is 1. The van der Waals surface area contributed by atoms with Crippen LogP contribution in [0.1, 0.15) is 39.7 Å². The quantitative estimate of drug-likeness (QED) is 0.905. The lowest BCUT2D eigenvalue weighted by Crippen LogP contribution is -2.20. The maximum Gasteiger partial charge on any atom is 0.251 e. The van der Waals surface area contributed by atoms with Gasteiger partial charge in [-0.15, -0.1) is 11.3 Å². The highest BCUT2D eigenvalue weighted by molar-refractivity contribution is 7.17. The number of hydrogen-bond acceptors (Lipinski definition) is 3. The minimum Gasteiger partial charge on any atom is -0.365 e. The second-order valence-corrected chi connectivity index (χ2v) is 7.24. The normalized spacial score (nSPS) is 16.7. The maximum absolute atomic E-state index is 12.3. The largest absolute Gasteiger partial charge is 0.365 e. The monoisotopic (exact) mass is 328 g/mol. The van der Waals surface area contributed by atoms with E-state index in [9.17, 15) is 9.59 Å². The highest BCUT2D eigenvalue weighted by atomic mass is 32.1. The number of anilines is 1. The van der Waals surface area contributed by atoms with Crippen LogP contribution in [0.3, 0.4) is 0 Å². The molecule has 1 aromatic heterocycles. The number of aryl methyl sites for hydroxylation is 1. The average molecular weight is 328 g/mol. The van der Waals surface area contributed by atoms with Crippen LogP contribution in [-0.4, -0.2) is 11.8 Å². The molecule has 120 valence electrons. The fourth-order valence-corrected chi connectivity index (χ4v) is 4.32. The van der Waals surface area contributed by atoms with Gasteiger partial charge in [-0.2, -0.15) is 0 Å². The first kappa shape index (κ1) is 15.7. The van der Waals surface area contributed by atoms with Crippen LogP contribution in [0.5, 0.6) is 0 Å². The zero-order chi connectivity index (χ0) is 16.4. The lowest BCUT2D eigenvalue weighted by atomic mass is 9.87. The molecule has 0 unspecified atom stereocenters. The first-order valence-corrected chi connectivity index (χ1v) is 8.64. The SMILES string of the molecule is C[C@H]1CCc2sc(NC(=O)Cc3ccccc3)c(C(N)=O)c2C1. The smallest absolute Gasteiger partial charge is 0.251 e. The number of nitrogens with two attached hydrogens (primary N) is 1. The van der Waals surface area contributed by atoms with Crippen LogP contribution in [0.25, 0.3) is 0 Å². The third-order valence-corrected chi connectivity index (χ3v) is 5.42. The molecule has 5 heteroatoms. The van der Waals surface area contributed by atoms with Gasteiger partial charge in [-0.1, -0.05) is 37.3 Å². The molecule has 3 rings (SSSR count). The number of rotatable bonds is 4. The minimum atomic E-state index is -0.452. The van der Waals surface area contributed by atoms with Crippen molar-refractivity contribution in [2.45, 2.75) is 32.6 Å². The van der Waals surface area contributed by atoms with Crippen molar-refractivity contribution in [3.63, 3.8) is 0 Å². The van der Waals surface area contributed by atoms with Gasteiger partial charge >= 0.3 is 0 Å². The van der Waals surface area contributed by atoms with Crippen molar-refractivity contribution in [2.75, 3.05) is 5.32 Å². The second-order valence-electron chi connectivity index (χ2n) is 6.13. The fraction of sp³-hybridized carbons (Fsp3) is 0.333. The Labute approximate surface area is 139 Å². The van der Waals surface area contributed by atoms with Gasteiger partial charge in [0.1, 0.15) is 5.00 Å². The van der Waals surface area contributed by atoms with E-state index in [-0.39, 0.29) is 12.3 Å². The standard InChI is InChI=1S/C18H20N2O2S/c1-11-7-8-14-13(9-11)16(17(19)22)18(23-14)20-15(21)10-12-5-3-2-4-6-12/h2-6,11H,7-10H2,1H3,(H2,19,22)(H,20,21)/t11-/m0/s1. The van der Waals surface area contributed by atoms with E-state index in [0.717, 1.165) is 30.4 Å². The van der Waals surface area contributed by atoms with Gasteiger partial charge in [0.15, 0.2) is 0 Å². The van der Waals surface area contributed by atoms with E-state index in [2.05, 4.69) is 12.2 Å². The van der Waals surface area contributed by atoms with Crippen molar-refractivity contribution >= 4 is 28.2 Å². The highest BCUT2D eigenvalue weighted by Crippen LogP contribution is 2.39. The van der Waals surface area contributed by atoms with Crippen LogP contribution < -0.4 is 11.1 Å². The molecule has 4 nitrogen and oxygen atoms in total. The van der Waals surface area contributed by atoms with Crippen molar-refractivity contribution in [2.24, 2.45) is 11.7 Å². The predicted octanol–water partition coefficient (Wildman–Crippen LogP) is 3.15. The maximum atomic E-state index is 12.3. The van der Waals surface area contributed by atoms with Crippen molar-refractivity contribution < 1.29 is 9.59 Å². The molecule has 1 aromatic carbocycles. The summed E-state index contributed by atoms with van der Waals surface area (Å²) in [6.07, 6.45) is 3.22. The molecular formula is C18H20N2O2S. The van der Waals surface area contributed by atoms with Crippen molar-refractivity contribution in [1.82, 2.24) is 0 Å². The third kappa shape index (κ3) is 3.45. The zero-order valence-electron chi connectivity index (χ0n) is 13.1. The average Bonchev–Trinajstić information content (AvgIpc) is 2.85. The molecule has 0 radical (unpaired) electrons. The minimum absolute atomic E-state index is 0.120. The van der Waals surface area contributed by atoms with Crippen LogP contribution >= 0.6 is 11.3 Å². The number of primary amides is 1. The molecule has 23 heavy (non-hydrogen) atoms. The molecule has 3 N–H and O–H groups in total. The predicted molar refractivity (Wildman–Crippen MR) is 92.8 cm³/mol. The molecule has 0 spiro atoms. The van der Waals surface area contributed by atoms with Gasteiger partial charge in [0, 0.05) is 4.88 Å². The van der Waals surface area contributed by atoms with Gasteiger partial charge in [-0.25, -0.2) is 0 Å². The summed E-state index contributed by atoms with van der Waals surface area (Å²) in [5.74, 6) is -0.0278. The van der Waals surface area contributed by atoms with Gasteiger partial charge in [-0.05, 0) is 36.3 Å².